The second-order valence-electron chi connectivity index (χ2n) is 7.65. The summed E-state index contributed by atoms with van der Waals surface area (Å²) in [5.41, 5.74) is 3.36. The zero-order valence-corrected chi connectivity index (χ0v) is 14.7. The maximum Gasteiger partial charge on any atom is 0.490 e. The van der Waals surface area contributed by atoms with E-state index in [1.807, 2.05) is 6.07 Å². The fraction of sp³-hybridized carbons (Fsp3) is 0.632. The van der Waals surface area contributed by atoms with Crippen LogP contribution in [0.2, 0.25) is 0 Å². The van der Waals surface area contributed by atoms with Crippen LogP contribution in [0.1, 0.15) is 43.2 Å². The number of halogens is 3. The van der Waals surface area contributed by atoms with E-state index < -0.39 is 12.1 Å². The monoisotopic (exact) mass is 371 g/mol. The van der Waals surface area contributed by atoms with Crippen molar-refractivity contribution in [2.45, 2.75) is 56.2 Å². The van der Waals surface area contributed by atoms with E-state index in [0.717, 1.165) is 12.0 Å². The van der Waals surface area contributed by atoms with Crippen LogP contribution in [0.4, 0.5) is 13.2 Å². The van der Waals surface area contributed by atoms with Gasteiger partial charge in [-0.05, 0) is 68.5 Å². The molecule has 1 saturated carbocycles. The highest BCUT2D eigenvalue weighted by molar-refractivity contribution is 5.73. The Balaban J connectivity index is 0.000000242. The number of rotatable bonds is 0. The van der Waals surface area contributed by atoms with Gasteiger partial charge in [0, 0.05) is 11.5 Å². The quantitative estimate of drug-likeness (QED) is 0.730. The highest BCUT2D eigenvalue weighted by Gasteiger charge is 2.53. The summed E-state index contributed by atoms with van der Waals surface area (Å²) < 4.78 is 31.7. The molecule has 1 heterocycles. The van der Waals surface area contributed by atoms with Crippen molar-refractivity contribution in [1.29, 1.82) is 0 Å². The third kappa shape index (κ3) is 3.29. The fourth-order valence-electron chi connectivity index (χ4n) is 5.18. The van der Waals surface area contributed by atoms with Gasteiger partial charge in [-0.25, -0.2) is 4.79 Å². The SMILES string of the molecule is CN1CC[C@]23CCCC[C@H]2[C@H]1Cc1ccc(O)cc13.O=C(O)C(F)(F)F. The van der Waals surface area contributed by atoms with Gasteiger partial charge in [-0.3, -0.25) is 0 Å². The standard InChI is InChI=1S/C17H23NO.C2HF3O2/c1-18-9-8-17-7-3-2-4-14(17)16(18)10-12-5-6-13(19)11-15(12)17;3-2(4,5)1(6)7/h5-6,11,14,16,19H,2-4,7-10H2,1H3;(H,6,7)/t14-,16+,17+;/m0./s1. The number of carboxylic acids is 1. The normalized spacial score (nSPS) is 30.5. The van der Waals surface area contributed by atoms with E-state index in [1.54, 1.807) is 0 Å². The molecule has 0 aromatic heterocycles. The number of hydrogen-bond acceptors (Lipinski definition) is 3. The van der Waals surface area contributed by atoms with Gasteiger partial charge in [0.15, 0.2) is 0 Å². The number of carbonyl (C=O) groups is 1. The second-order valence-corrected chi connectivity index (χ2v) is 7.65. The molecule has 1 aromatic carbocycles. The number of hydrogen-bond donors (Lipinski definition) is 2. The Morgan fingerprint density at radius 2 is 1.96 bits per heavy atom. The van der Waals surface area contributed by atoms with Gasteiger partial charge >= 0.3 is 12.1 Å². The molecule has 4 nitrogen and oxygen atoms in total. The van der Waals surface area contributed by atoms with E-state index in [2.05, 4.69) is 24.1 Å². The minimum Gasteiger partial charge on any atom is -0.508 e. The Labute approximate surface area is 150 Å². The number of benzene rings is 1. The summed E-state index contributed by atoms with van der Waals surface area (Å²) >= 11 is 0. The molecule has 2 fully saturated rings. The van der Waals surface area contributed by atoms with Crippen LogP contribution in [0, 0.1) is 5.92 Å². The predicted octanol–water partition coefficient (Wildman–Crippen LogP) is 3.71. The number of piperidine rings is 1. The third-order valence-electron chi connectivity index (χ3n) is 6.34. The topological polar surface area (TPSA) is 60.8 Å². The molecule has 0 spiro atoms. The lowest BCUT2D eigenvalue weighted by molar-refractivity contribution is -0.192. The summed E-state index contributed by atoms with van der Waals surface area (Å²) in [6, 6.07) is 6.85. The first kappa shape index (κ1) is 19.0. The lowest BCUT2D eigenvalue weighted by Crippen LogP contribution is -2.59. The van der Waals surface area contributed by atoms with Crippen molar-refractivity contribution in [2.24, 2.45) is 5.92 Å². The van der Waals surface area contributed by atoms with Crippen LogP contribution in [-0.2, 0) is 16.6 Å². The van der Waals surface area contributed by atoms with E-state index in [-0.39, 0.29) is 0 Å². The van der Waals surface area contributed by atoms with Crippen LogP contribution in [0.3, 0.4) is 0 Å². The van der Waals surface area contributed by atoms with Crippen molar-refractivity contribution in [1.82, 2.24) is 4.90 Å². The van der Waals surface area contributed by atoms with Crippen LogP contribution < -0.4 is 0 Å². The van der Waals surface area contributed by atoms with Gasteiger partial charge < -0.3 is 15.1 Å². The summed E-state index contributed by atoms with van der Waals surface area (Å²) in [5, 5.41) is 17.0. The molecule has 1 aliphatic heterocycles. The average Bonchev–Trinajstić information content (AvgIpc) is 2.58. The van der Waals surface area contributed by atoms with Crippen molar-refractivity contribution in [3.8, 4) is 5.75 Å². The molecule has 2 aliphatic carbocycles. The second kappa shape index (κ2) is 6.76. The van der Waals surface area contributed by atoms with E-state index in [9.17, 15) is 18.3 Å². The number of aromatic hydroxyl groups is 1. The van der Waals surface area contributed by atoms with Crippen LogP contribution >= 0.6 is 0 Å². The largest absolute Gasteiger partial charge is 0.508 e. The Morgan fingerprint density at radius 3 is 2.62 bits per heavy atom. The van der Waals surface area contributed by atoms with Gasteiger partial charge in [0.1, 0.15) is 5.75 Å². The molecule has 0 unspecified atom stereocenters. The van der Waals surface area contributed by atoms with Crippen molar-refractivity contribution in [2.75, 3.05) is 13.6 Å². The molecule has 3 atom stereocenters. The van der Waals surface area contributed by atoms with Crippen molar-refractivity contribution < 1.29 is 28.2 Å². The first-order valence-corrected chi connectivity index (χ1v) is 8.98. The summed E-state index contributed by atoms with van der Waals surface area (Å²) in [4.78, 5) is 11.5. The number of aliphatic carboxylic acids is 1. The van der Waals surface area contributed by atoms with E-state index >= 15 is 0 Å². The van der Waals surface area contributed by atoms with Gasteiger partial charge in [-0.15, -0.1) is 0 Å². The molecule has 2 N–H and O–H groups in total. The Hall–Kier alpha value is -1.76. The van der Waals surface area contributed by atoms with Crippen LogP contribution in [0.25, 0.3) is 0 Å². The van der Waals surface area contributed by atoms with Gasteiger partial charge in [-0.2, -0.15) is 13.2 Å². The lowest BCUT2D eigenvalue weighted by atomic mass is 9.52. The maximum atomic E-state index is 10.6. The molecule has 0 radical (unpaired) electrons. The maximum absolute atomic E-state index is 10.6. The van der Waals surface area contributed by atoms with Gasteiger partial charge in [-0.1, -0.05) is 18.9 Å². The fourth-order valence-corrected chi connectivity index (χ4v) is 5.18. The summed E-state index contributed by atoms with van der Waals surface area (Å²) in [6.07, 6.45) is 2.84. The molecular weight excluding hydrogens is 347 g/mol. The summed E-state index contributed by atoms with van der Waals surface area (Å²) in [7, 11) is 2.30. The van der Waals surface area contributed by atoms with Crippen molar-refractivity contribution in [3.05, 3.63) is 29.3 Å². The molecule has 4 rings (SSSR count). The average molecular weight is 371 g/mol. The number of phenols is 1. The van der Waals surface area contributed by atoms with Crippen LogP contribution in [-0.4, -0.2) is 46.9 Å². The zero-order chi connectivity index (χ0) is 19.1. The highest BCUT2D eigenvalue weighted by atomic mass is 19.4. The van der Waals surface area contributed by atoms with Crippen LogP contribution in [0.5, 0.6) is 5.75 Å². The van der Waals surface area contributed by atoms with E-state index in [1.165, 1.54) is 56.2 Å². The number of likely N-dealkylation sites (tertiary alicyclic amines) is 1. The van der Waals surface area contributed by atoms with Gasteiger partial charge in [0.2, 0.25) is 0 Å². The minimum atomic E-state index is -5.08. The number of carboxylic acid groups (broad SMARTS) is 1. The summed E-state index contributed by atoms with van der Waals surface area (Å²) in [5.74, 6) is -1.49. The molecule has 2 bridgehead atoms. The van der Waals surface area contributed by atoms with Gasteiger partial charge in [0.25, 0.3) is 0 Å². The minimum absolute atomic E-state index is 0.377. The third-order valence-corrected chi connectivity index (χ3v) is 6.34. The Morgan fingerprint density at radius 1 is 1.27 bits per heavy atom. The Bertz CT molecular complexity index is 691. The van der Waals surface area contributed by atoms with E-state index in [4.69, 9.17) is 9.90 Å². The molecule has 26 heavy (non-hydrogen) atoms. The van der Waals surface area contributed by atoms with Crippen molar-refractivity contribution in [3.63, 3.8) is 0 Å². The molecule has 3 aliphatic rings. The number of likely N-dealkylation sites (N-methyl/N-ethyl adjacent to an activating group) is 1. The Kier molecular flexibility index (Phi) is 4.94. The van der Waals surface area contributed by atoms with E-state index in [0.29, 0.717) is 11.2 Å². The zero-order valence-electron chi connectivity index (χ0n) is 14.7. The molecule has 144 valence electrons. The molecule has 0 amide bonds. The highest BCUT2D eigenvalue weighted by Crippen LogP contribution is 2.55. The smallest absolute Gasteiger partial charge is 0.490 e. The first-order valence-electron chi connectivity index (χ1n) is 8.98. The van der Waals surface area contributed by atoms with Gasteiger partial charge in [0.05, 0.1) is 0 Å². The summed E-state index contributed by atoms with van der Waals surface area (Å²) in [6.45, 7) is 1.22. The first-order chi connectivity index (χ1) is 12.1. The van der Waals surface area contributed by atoms with Crippen molar-refractivity contribution >= 4 is 5.97 Å². The van der Waals surface area contributed by atoms with Crippen LogP contribution in [0.15, 0.2) is 18.2 Å². The number of nitrogens with zero attached hydrogens (tertiary/aromatic N) is 1. The molecule has 1 saturated heterocycles. The lowest BCUT2D eigenvalue weighted by Gasteiger charge is -2.58. The predicted molar refractivity (Wildman–Crippen MR) is 90.2 cm³/mol. The number of alkyl halides is 3. The molecular formula is C19H24F3NO3. The number of fused-ring (bicyclic) bond motifs is 1. The molecule has 7 heteroatoms. The molecule has 1 aromatic rings. The number of phenolic OH excluding ortho intramolecular Hbond substituents is 1.